The molecule has 0 bridgehead atoms. The molecule has 1 aliphatic carbocycles. The molecular formula is C12H25N. The monoisotopic (exact) mass is 183 g/mol. The lowest BCUT2D eigenvalue weighted by atomic mass is 9.98. The van der Waals surface area contributed by atoms with Crippen LogP contribution in [0.1, 0.15) is 58.3 Å². The number of hydrogen-bond acceptors (Lipinski definition) is 1. The van der Waals surface area contributed by atoms with Gasteiger partial charge < -0.3 is 5.32 Å². The van der Waals surface area contributed by atoms with Gasteiger partial charge in [0.05, 0.1) is 0 Å². The lowest BCUT2D eigenvalue weighted by Crippen LogP contribution is -2.23. The van der Waals surface area contributed by atoms with Crippen molar-refractivity contribution in [3.63, 3.8) is 0 Å². The van der Waals surface area contributed by atoms with Gasteiger partial charge in [-0.1, -0.05) is 45.4 Å². The van der Waals surface area contributed by atoms with Gasteiger partial charge in [-0.3, -0.25) is 0 Å². The maximum absolute atomic E-state index is 3.38. The van der Waals surface area contributed by atoms with Gasteiger partial charge in [-0.05, 0) is 25.8 Å². The van der Waals surface area contributed by atoms with Gasteiger partial charge in [0, 0.05) is 6.04 Å². The molecule has 0 aromatic rings. The highest BCUT2D eigenvalue weighted by molar-refractivity contribution is 4.69. The van der Waals surface area contributed by atoms with Crippen molar-refractivity contribution in [3.8, 4) is 0 Å². The molecule has 13 heavy (non-hydrogen) atoms. The SMILES string of the molecule is CCC(CCCC1CCCC1)NC. The van der Waals surface area contributed by atoms with Crippen molar-refractivity contribution in [3.05, 3.63) is 0 Å². The van der Waals surface area contributed by atoms with Crippen molar-refractivity contribution in [2.75, 3.05) is 7.05 Å². The quantitative estimate of drug-likeness (QED) is 0.666. The zero-order valence-corrected chi connectivity index (χ0v) is 9.31. The number of rotatable bonds is 6. The van der Waals surface area contributed by atoms with Gasteiger partial charge in [-0.25, -0.2) is 0 Å². The lowest BCUT2D eigenvalue weighted by Gasteiger charge is -2.15. The summed E-state index contributed by atoms with van der Waals surface area (Å²) in [6, 6.07) is 0.765. The third-order valence-electron chi connectivity index (χ3n) is 3.54. The second-order valence-corrected chi connectivity index (χ2v) is 4.48. The van der Waals surface area contributed by atoms with Crippen LogP contribution in [-0.4, -0.2) is 13.1 Å². The lowest BCUT2D eigenvalue weighted by molar-refractivity contribution is 0.425. The van der Waals surface area contributed by atoms with Crippen LogP contribution in [-0.2, 0) is 0 Å². The van der Waals surface area contributed by atoms with Crippen LogP contribution in [0.3, 0.4) is 0 Å². The molecule has 78 valence electrons. The Morgan fingerprint density at radius 2 is 2.00 bits per heavy atom. The molecule has 0 saturated heterocycles. The Balaban J connectivity index is 1.98. The first-order chi connectivity index (χ1) is 6.36. The van der Waals surface area contributed by atoms with Gasteiger partial charge in [0.1, 0.15) is 0 Å². The largest absolute Gasteiger partial charge is 0.317 e. The summed E-state index contributed by atoms with van der Waals surface area (Å²) in [6.07, 6.45) is 11.6. The van der Waals surface area contributed by atoms with Gasteiger partial charge in [0.15, 0.2) is 0 Å². The van der Waals surface area contributed by atoms with Crippen molar-refractivity contribution in [1.29, 1.82) is 0 Å². The van der Waals surface area contributed by atoms with Crippen LogP contribution in [0.25, 0.3) is 0 Å². The third-order valence-corrected chi connectivity index (χ3v) is 3.54. The number of nitrogens with one attached hydrogen (secondary N) is 1. The first-order valence-electron chi connectivity index (χ1n) is 6.04. The second kappa shape index (κ2) is 6.42. The molecular weight excluding hydrogens is 158 g/mol. The van der Waals surface area contributed by atoms with Crippen LogP contribution in [0.15, 0.2) is 0 Å². The normalized spacial score (nSPS) is 20.8. The van der Waals surface area contributed by atoms with Crippen LogP contribution < -0.4 is 5.32 Å². The maximum atomic E-state index is 3.38. The van der Waals surface area contributed by atoms with Gasteiger partial charge in [0.2, 0.25) is 0 Å². The minimum Gasteiger partial charge on any atom is -0.317 e. The molecule has 1 heteroatoms. The van der Waals surface area contributed by atoms with Crippen molar-refractivity contribution in [1.82, 2.24) is 5.32 Å². The predicted octanol–water partition coefficient (Wildman–Crippen LogP) is 3.34. The predicted molar refractivity (Wildman–Crippen MR) is 58.9 cm³/mol. The maximum Gasteiger partial charge on any atom is 0.00614 e. The van der Waals surface area contributed by atoms with E-state index in [1.165, 1.54) is 51.4 Å². The van der Waals surface area contributed by atoms with E-state index in [2.05, 4.69) is 19.3 Å². The van der Waals surface area contributed by atoms with Crippen molar-refractivity contribution >= 4 is 0 Å². The van der Waals surface area contributed by atoms with Crippen molar-refractivity contribution in [2.24, 2.45) is 5.92 Å². The fourth-order valence-electron chi connectivity index (χ4n) is 2.50. The van der Waals surface area contributed by atoms with E-state index in [1.54, 1.807) is 0 Å². The zero-order chi connectivity index (χ0) is 9.52. The summed E-state index contributed by atoms with van der Waals surface area (Å²) in [4.78, 5) is 0. The van der Waals surface area contributed by atoms with Crippen LogP contribution in [0.5, 0.6) is 0 Å². The van der Waals surface area contributed by atoms with Crippen molar-refractivity contribution < 1.29 is 0 Å². The smallest absolute Gasteiger partial charge is 0.00614 e. The Morgan fingerprint density at radius 3 is 2.54 bits per heavy atom. The molecule has 1 saturated carbocycles. The van der Waals surface area contributed by atoms with E-state index in [0.717, 1.165) is 12.0 Å². The Morgan fingerprint density at radius 1 is 1.31 bits per heavy atom. The van der Waals surface area contributed by atoms with E-state index >= 15 is 0 Å². The minimum absolute atomic E-state index is 0.765. The van der Waals surface area contributed by atoms with Gasteiger partial charge in [-0.2, -0.15) is 0 Å². The summed E-state index contributed by atoms with van der Waals surface area (Å²) >= 11 is 0. The van der Waals surface area contributed by atoms with Gasteiger partial charge in [-0.15, -0.1) is 0 Å². The molecule has 0 heterocycles. The molecule has 0 aromatic carbocycles. The highest BCUT2D eigenvalue weighted by Crippen LogP contribution is 2.29. The Bertz CT molecular complexity index is 110. The minimum atomic E-state index is 0.765. The molecule has 1 rings (SSSR count). The Hall–Kier alpha value is -0.0400. The van der Waals surface area contributed by atoms with Gasteiger partial charge >= 0.3 is 0 Å². The van der Waals surface area contributed by atoms with E-state index in [4.69, 9.17) is 0 Å². The summed E-state index contributed by atoms with van der Waals surface area (Å²) in [7, 11) is 2.09. The fourth-order valence-corrected chi connectivity index (χ4v) is 2.50. The molecule has 0 amide bonds. The first kappa shape index (κ1) is 11.0. The average Bonchev–Trinajstić information content (AvgIpc) is 2.65. The van der Waals surface area contributed by atoms with E-state index in [1.807, 2.05) is 0 Å². The summed E-state index contributed by atoms with van der Waals surface area (Å²) in [6.45, 7) is 2.27. The highest BCUT2D eigenvalue weighted by Gasteiger charge is 2.14. The standard InChI is InChI=1S/C12H25N/c1-3-12(13-2)10-6-9-11-7-4-5-8-11/h11-13H,3-10H2,1-2H3. The molecule has 0 radical (unpaired) electrons. The summed E-state index contributed by atoms with van der Waals surface area (Å²) < 4.78 is 0. The third kappa shape index (κ3) is 4.12. The van der Waals surface area contributed by atoms with Gasteiger partial charge in [0.25, 0.3) is 0 Å². The van der Waals surface area contributed by atoms with Crippen LogP contribution in [0, 0.1) is 5.92 Å². The fraction of sp³-hybridized carbons (Fsp3) is 1.00. The summed E-state index contributed by atoms with van der Waals surface area (Å²) in [5.74, 6) is 1.08. The highest BCUT2D eigenvalue weighted by atomic mass is 14.9. The molecule has 1 N–H and O–H groups in total. The molecule has 0 aliphatic heterocycles. The molecule has 1 fully saturated rings. The van der Waals surface area contributed by atoms with E-state index in [9.17, 15) is 0 Å². The molecule has 1 aliphatic rings. The summed E-state index contributed by atoms with van der Waals surface area (Å²) in [5, 5.41) is 3.38. The topological polar surface area (TPSA) is 12.0 Å². The number of hydrogen-bond donors (Lipinski definition) is 1. The second-order valence-electron chi connectivity index (χ2n) is 4.48. The van der Waals surface area contributed by atoms with Crippen LogP contribution >= 0.6 is 0 Å². The molecule has 0 spiro atoms. The molecule has 0 aromatic heterocycles. The van der Waals surface area contributed by atoms with E-state index in [-0.39, 0.29) is 0 Å². The Kier molecular flexibility index (Phi) is 5.45. The van der Waals surface area contributed by atoms with Crippen molar-refractivity contribution in [2.45, 2.75) is 64.3 Å². The molecule has 1 atom stereocenters. The van der Waals surface area contributed by atoms with Crippen LogP contribution in [0.2, 0.25) is 0 Å². The Labute approximate surface area is 83.3 Å². The molecule has 1 unspecified atom stereocenters. The molecule has 1 nitrogen and oxygen atoms in total. The zero-order valence-electron chi connectivity index (χ0n) is 9.31. The van der Waals surface area contributed by atoms with E-state index < -0.39 is 0 Å². The average molecular weight is 183 g/mol. The summed E-state index contributed by atoms with van der Waals surface area (Å²) in [5.41, 5.74) is 0. The van der Waals surface area contributed by atoms with E-state index in [0.29, 0.717) is 0 Å². The first-order valence-corrected chi connectivity index (χ1v) is 6.04. The van der Waals surface area contributed by atoms with Crippen LogP contribution in [0.4, 0.5) is 0 Å².